The van der Waals surface area contributed by atoms with Crippen molar-refractivity contribution in [1.29, 1.82) is 0 Å². The minimum absolute atomic E-state index is 0.0396. The van der Waals surface area contributed by atoms with Crippen molar-refractivity contribution in [3.8, 4) is 5.75 Å². The van der Waals surface area contributed by atoms with E-state index in [1.807, 2.05) is 31.3 Å². The number of benzene rings is 1. The fraction of sp³-hybridized carbons (Fsp3) is 0.562. The lowest BCUT2D eigenvalue weighted by Gasteiger charge is -2.17. The van der Waals surface area contributed by atoms with E-state index >= 15 is 0 Å². The zero-order valence-corrected chi connectivity index (χ0v) is 13.2. The lowest BCUT2D eigenvalue weighted by atomic mass is 10.1. The Morgan fingerprint density at radius 2 is 2.10 bits per heavy atom. The van der Waals surface area contributed by atoms with Gasteiger partial charge in [0.25, 0.3) is 5.91 Å². The first-order chi connectivity index (χ1) is 9.69. The highest BCUT2D eigenvalue weighted by Crippen LogP contribution is 2.15. The second kappa shape index (κ2) is 9.65. The van der Waals surface area contributed by atoms with E-state index in [0.29, 0.717) is 18.1 Å². The third-order valence-corrected chi connectivity index (χ3v) is 3.29. The van der Waals surface area contributed by atoms with E-state index in [0.717, 1.165) is 38.0 Å². The molecule has 1 aromatic carbocycles. The van der Waals surface area contributed by atoms with E-state index in [4.69, 9.17) is 16.3 Å². The number of carbonyl (C=O) groups is 1. The Hall–Kier alpha value is -1.22. The molecule has 0 saturated carbocycles. The number of rotatable bonds is 9. The molecule has 1 aromatic rings. The van der Waals surface area contributed by atoms with Gasteiger partial charge < -0.3 is 9.64 Å². The molecule has 0 atom stereocenters. The van der Waals surface area contributed by atoms with Crippen LogP contribution in [0.3, 0.4) is 0 Å². The number of ether oxygens (including phenoxy) is 1. The molecule has 0 unspecified atom stereocenters. The molecule has 0 spiro atoms. The topological polar surface area (TPSA) is 29.5 Å². The first-order valence-electron chi connectivity index (χ1n) is 7.23. The monoisotopic (exact) mass is 297 g/mol. The summed E-state index contributed by atoms with van der Waals surface area (Å²) in [5, 5.41) is 0. The Labute approximate surface area is 126 Å². The molecule has 0 heterocycles. The minimum atomic E-state index is 0.0396. The van der Waals surface area contributed by atoms with Gasteiger partial charge in [-0.3, -0.25) is 4.79 Å². The van der Waals surface area contributed by atoms with Crippen LogP contribution in [0.4, 0.5) is 0 Å². The predicted octanol–water partition coefficient (Wildman–Crippen LogP) is 3.96. The number of hydrogen-bond acceptors (Lipinski definition) is 2. The van der Waals surface area contributed by atoms with Crippen LogP contribution in [-0.4, -0.2) is 36.9 Å². The van der Waals surface area contributed by atoms with E-state index in [1.165, 1.54) is 0 Å². The summed E-state index contributed by atoms with van der Waals surface area (Å²) in [6.45, 7) is 3.49. The highest BCUT2D eigenvalue weighted by Gasteiger charge is 2.11. The van der Waals surface area contributed by atoms with E-state index in [9.17, 15) is 4.79 Å². The van der Waals surface area contributed by atoms with Crippen molar-refractivity contribution < 1.29 is 9.53 Å². The van der Waals surface area contributed by atoms with Crippen LogP contribution in [-0.2, 0) is 0 Å². The summed E-state index contributed by atoms with van der Waals surface area (Å²) in [5.74, 6) is 1.49. The van der Waals surface area contributed by atoms with Crippen LogP contribution in [0.2, 0.25) is 0 Å². The first kappa shape index (κ1) is 16.8. The lowest BCUT2D eigenvalue weighted by Crippen LogP contribution is -2.27. The normalized spacial score (nSPS) is 10.3. The second-order valence-corrected chi connectivity index (χ2v) is 5.23. The van der Waals surface area contributed by atoms with Crippen molar-refractivity contribution in [2.24, 2.45) is 0 Å². The molecular formula is C16H24ClNO2. The minimum Gasteiger partial charge on any atom is -0.494 e. The molecule has 20 heavy (non-hydrogen) atoms. The van der Waals surface area contributed by atoms with Crippen LogP contribution in [0.5, 0.6) is 5.75 Å². The summed E-state index contributed by atoms with van der Waals surface area (Å²) in [7, 11) is 1.84. The van der Waals surface area contributed by atoms with Gasteiger partial charge in [-0.15, -0.1) is 11.6 Å². The maximum Gasteiger partial charge on any atom is 0.253 e. The number of carbonyl (C=O) groups excluding carboxylic acids is 1. The maximum absolute atomic E-state index is 12.3. The Morgan fingerprint density at radius 3 is 2.80 bits per heavy atom. The van der Waals surface area contributed by atoms with Gasteiger partial charge >= 0.3 is 0 Å². The number of hydrogen-bond donors (Lipinski definition) is 0. The molecule has 112 valence electrons. The zero-order valence-electron chi connectivity index (χ0n) is 12.4. The average molecular weight is 298 g/mol. The van der Waals surface area contributed by atoms with Gasteiger partial charge in [-0.25, -0.2) is 0 Å². The molecule has 0 fully saturated rings. The van der Waals surface area contributed by atoms with Gasteiger partial charge in [0.1, 0.15) is 5.75 Å². The standard InChI is InChI=1S/C16H24ClNO2/c1-3-12-20-15-9-7-8-14(13-15)16(19)18(2)11-6-4-5-10-17/h7-9,13H,3-6,10-12H2,1-2H3. The van der Waals surface area contributed by atoms with Crippen LogP contribution in [0.25, 0.3) is 0 Å². The molecule has 1 rings (SSSR count). The summed E-state index contributed by atoms with van der Waals surface area (Å²) >= 11 is 5.64. The molecule has 0 aliphatic rings. The van der Waals surface area contributed by atoms with Crippen molar-refractivity contribution in [3.05, 3.63) is 29.8 Å². The molecule has 0 saturated heterocycles. The highest BCUT2D eigenvalue weighted by atomic mass is 35.5. The Morgan fingerprint density at radius 1 is 1.30 bits per heavy atom. The van der Waals surface area contributed by atoms with Crippen molar-refractivity contribution in [3.63, 3.8) is 0 Å². The summed E-state index contributed by atoms with van der Waals surface area (Å²) < 4.78 is 5.55. The van der Waals surface area contributed by atoms with Gasteiger partial charge in [0.15, 0.2) is 0 Å². The summed E-state index contributed by atoms with van der Waals surface area (Å²) in [6, 6.07) is 7.39. The van der Waals surface area contributed by atoms with Crippen LogP contribution >= 0.6 is 11.6 Å². The van der Waals surface area contributed by atoms with Crippen molar-refractivity contribution in [1.82, 2.24) is 4.90 Å². The summed E-state index contributed by atoms with van der Waals surface area (Å²) in [6.07, 6.45) is 4.00. The van der Waals surface area contributed by atoms with Crippen molar-refractivity contribution in [2.75, 3.05) is 26.1 Å². The fourth-order valence-electron chi connectivity index (χ4n) is 1.88. The van der Waals surface area contributed by atoms with Crippen LogP contribution in [0.15, 0.2) is 24.3 Å². The molecule has 0 aliphatic carbocycles. The third-order valence-electron chi connectivity index (χ3n) is 3.03. The van der Waals surface area contributed by atoms with Crippen molar-refractivity contribution in [2.45, 2.75) is 32.6 Å². The van der Waals surface area contributed by atoms with E-state index in [1.54, 1.807) is 4.90 Å². The van der Waals surface area contributed by atoms with Crippen LogP contribution < -0.4 is 4.74 Å². The highest BCUT2D eigenvalue weighted by molar-refractivity contribution is 6.17. The molecule has 0 aromatic heterocycles. The largest absolute Gasteiger partial charge is 0.494 e. The summed E-state index contributed by atoms with van der Waals surface area (Å²) in [5.41, 5.74) is 0.679. The fourth-order valence-corrected chi connectivity index (χ4v) is 2.07. The smallest absolute Gasteiger partial charge is 0.253 e. The van der Waals surface area contributed by atoms with Crippen molar-refractivity contribution >= 4 is 17.5 Å². The van der Waals surface area contributed by atoms with Crippen LogP contribution in [0, 0.1) is 0 Å². The quantitative estimate of drug-likeness (QED) is 0.510. The number of unbranched alkanes of at least 4 members (excludes halogenated alkanes) is 2. The number of amides is 1. The molecule has 0 N–H and O–H groups in total. The first-order valence-corrected chi connectivity index (χ1v) is 7.76. The van der Waals surface area contributed by atoms with Gasteiger partial charge in [0.05, 0.1) is 6.61 Å². The lowest BCUT2D eigenvalue weighted by molar-refractivity contribution is 0.0792. The molecular weight excluding hydrogens is 274 g/mol. The average Bonchev–Trinajstić information content (AvgIpc) is 2.48. The van der Waals surface area contributed by atoms with E-state index in [-0.39, 0.29) is 5.91 Å². The summed E-state index contributed by atoms with van der Waals surface area (Å²) in [4.78, 5) is 14.0. The Kier molecular flexibility index (Phi) is 8.12. The number of alkyl halides is 1. The van der Waals surface area contributed by atoms with Crippen LogP contribution in [0.1, 0.15) is 43.0 Å². The SMILES string of the molecule is CCCOc1cccc(C(=O)N(C)CCCCCCl)c1. The van der Waals surface area contributed by atoms with E-state index in [2.05, 4.69) is 6.92 Å². The van der Waals surface area contributed by atoms with Gasteiger partial charge in [-0.1, -0.05) is 19.4 Å². The van der Waals surface area contributed by atoms with Gasteiger partial charge in [-0.05, 0) is 37.5 Å². The molecule has 0 bridgehead atoms. The number of nitrogens with zero attached hydrogens (tertiary/aromatic N) is 1. The molecule has 1 amide bonds. The third kappa shape index (κ3) is 5.83. The molecule has 0 aliphatic heterocycles. The van der Waals surface area contributed by atoms with E-state index < -0.39 is 0 Å². The molecule has 4 heteroatoms. The molecule has 0 radical (unpaired) electrons. The Balaban J connectivity index is 2.52. The maximum atomic E-state index is 12.3. The Bertz CT molecular complexity index is 409. The van der Waals surface area contributed by atoms with Gasteiger partial charge in [0.2, 0.25) is 0 Å². The zero-order chi connectivity index (χ0) is 14.8. The second-order valence-electron chi connectivity index (χ2n) is 4.85. The van der Waals surface area contributed by atoms with Gasteiger partial charge in [0, 0.05) is 25.0 Å². The predicted molar refractivity (Wildman–Crippen MR) is 83.8 cm³/mol. The number of halogens is 1. The van der Waals surface area contributed by atoms with Gasteiger partial charge in [-0.2, -0.15) is 0 Å². The molecule has 3 nitrogen and oxygen atoms in total.